The van der Waals surface area contributed by atoms with Gasteiger partial charge in [-0.1, -0.05) is 0 Å². The molecule has 0 aliphatic carbocycles. The lowest BCUT2D eigenvalue weighted by atomic mass is 10.3. The Labute approximate surface area is 135 Å². The van der Waals surface area contributed by atoms with Crippen molar-refractivity contribution in [2.45, 2.75) is 6.54 Å². The molecule has 0 saturated carbocycles. The monoisotopic (exact) mass is 332 g/mol. The highest BCUT2D eigenvalue weighted by Gasteiger charge is 2.18. The fraction of sp³-hybridized carbons (Fsp3) is 0.286. The summed E-state index contributed by atoms with van der Waals surface area (Å²) < 4.78 is 7.68. The zero-order valence-electron chi connectivity index (χ0n) is 12.9. The van der Waals surface area contributed by atoms with E-state index >= 15 is 0 Å². The summed E-state index contributed by atoms with van der Waals surface area (Å²) in [7, 11) is 1.55. The fourth-order valence-corrected chi connectivity index (χ4v) is 2.44. The Bertz CT molecular complexity index is 940. The lowest BCUT2D eigenvalue weighted by Crippen LogP contribution is -2.23. The van der Waals surface area contributed by atoms with E-state index in [0.717, 1.165) is 0 Å². The van der Waals surface area contributed by atoms with Gasteiger partial charge in [0.25, 0.3) is 0 Å². The number of aromatic nitrogens is 4. The lowest BCUT2D eigenvalue weighted by molar-refractivity contribution is 0.0980. The molecule has 24 heavy (non-hydrogen) atoms. The summed E-state index contributed by atoms with van der Waals surface area (Å²) in [5.41, 5.74) is 6.02. The predicted molar refractivity (Wildman–Crippen MR) is 85.8 cm³/mol. The maximum absolute atomic E-state index is 12.3. The number of carbonyl (C=O) groups is 1. The van der Waals surface area contributed by atoms with Gasteiger partial charge in [-0.3, -0.25) is 13.9 Å². The zero-order valence-corrected chi connectivity index (χ0v) is 12.9. The van der Waals surface area contributed by atoms with Crippen LogP contribution in [0.5, 0.6) is 0 Å². The van der Waals surface area contributed by atoms with E-state index in [1.807, 2.05) is 0 Å². The molecule has 3 heterocycles. The van der Waals surface area contributed by atoms with Crippen LogP contribution in [0.2, 0.25) is 0 Å². The van der Waals surface area contributed by atoms with Crippen LogP contribution in [0.1, 0.15) is 10.6 Å². The van der Waals surface area contributed by atoms with Crippen LogP contribution in [0.25, 0.3) is 11.2 Å². The largest absolute Gasteiger partial charge is 0.461 e. The van der Waals surface area contributed by atoms with Crippen molar-refractivity contribution in [2.75, 3.05) is 24.2 Å². The second-order valence-corrected chi connectivity index (χ2v) is 5.07. The van der Waals surface area contributed by atoms with Gasteiger partial charge in [-0.15, -0.1) is 0 Å². The number of hydrogen-bond donors (Lipinski definition) is 3. The number of nitrogens with zero attached hydrogens (tertiary/aromatic N) is 4. The Morgan fingerprint density at radius 3 is 2.92 bits per heavy atom. The SMILES string of the molecule is Cn1c(=O)n(CCO)c2nc(N)nc(NCC(=O)c3ccco3)c21. The molecule has 0 fully saturated rings. The molecule has 10 heteroatoms. The second kappa shape index (κ2) is 6.16. The van der Waals surface area contributed by atoms with Crippen LogP contribution in [0, 0.1) is 0 Å². The molecule has 0 unspecified atom stereocenters. The Hall–Kier alpha value is -3.14. The number of aliphatic hydroxyl groups is 1. The quantitative estimate of drug-likeness (QED) is 0.517. The molecule has 3 aromatic rings. The summed E-state index contributed by atoms with van der Waals surface area (Å²) in [6.07, 6.45) is 1.41. The number of rotatable bonds is 6. The highest BCUT2D eigenvalue weighted by molar-refractivity contribution is 5.97. The third-order valence-corrected chi connectivity index (χ3v) is 3.53. The van der Waals surface area contributed by atoms with E-state index in [-0.39, 0.29) is 54.3 Å². The molecule has 0 bridgehead atoms. The number of aliphatic hydroxyl groups excluding tert-OH is 1. The van der Waals surface area contributed by atoms with E-state index in [2.05, 4.69) is 15.3 Å². The molecule has 0 aliphatic rings. The molecule has 3 aromatic heterocycles. The molecular weight excluding hydrogens is 316 g/mol. The maximum atomic E-state index is 12.3. The van der Waals surface area contributed by atoms with Crippen molar-refractivity contribution in [1.29, 1.82) is 0 Å². The molecule has 4 N–H and O–H groups in total. The van der Waals surface area contributed by atoms with Crippen molar-refractivity contribution < 1.29 is 14.3 Å². The molecule has 3 rings (SSSR count). The number of nitrogen functional groups attached to an aromatic ring is 1. The Morgan fingerprint density at radius 2 is 2.25 bits per heavy atom. The molecule has 126 valence electrons. The molecule has 0 spiro atoms. The van der Waals surface area contributed by atoms with Crippen molar-refractivity contribution in [2.24, 2.45) is 7.05 Å². The van der Waals surface area contributed by atoms with E-state index in [1.165, 1.54) is 15.4 Å². The summed E-state index contributed by atoms with van der Waals surface area (Å²) in [6.45, 7) is -0.224. The van der Waals surface area contributed by atoms with Crippen LogP contribution < -0.4 is 16.7 Å². The number of nitrogens with one attached hydrogen (secondary N) is 1. The number of furan rings is 1. The molecule has 0 amide bonds. The Kier molecular flexibility index (Phi) is 4.04. The van der Waals surface area contributed by atoms with Gasteiger partial charge in [0, 0.05) is 7.05 Å². The van der Waals surface area contributed by atoms with Crippen LogP contribution in [0.3, 0.4) is 0 Å². The van der Waals surface area contributed by atoms with E-state index in [4.69, 9.17) is 15.3 Å². The van der Waals surface area contributed by atoms with E-state index in [1.54, 1.807) is 19.2 Å². The predicted octanol–water partition coefficient (Wildman–Crippen LogP) is -0.408. The van der Waals surface area contributed by atoms with Crippen LogP contribution in [0.15, 0.2) is 27.6 Å². The highest BCUT2D eigenvalue weighted by Crippen LogP contribution is 2.20. The van der Waals surface area contributed by atoms with Crippen molar-refractivity contribution >= 4 is 28.7 Å². The topological polar surface area (TPSA) is 141 Å². The fourth-order valence-electron chi connectivity index (χ4n) is 2.44. The number of hydrogen-bond acceptors (Lipinski definition) is 8. The third-order valence-electron chi connectivity index (χ3n) is 3.53. The number of Topliss-reactive ketones (excluding diaryl/α,β-unsaturated/α-hetero) is 1. The molecule has 10 nitrogen and oxygen atoms in total. The maximum Gasteiger partial charge on any atom is 0.330 e. The first kappa shape index (κ1) is 15.7. The molecular formula is C14H16N6O4. The van der Waals surface area contributed by atoms with Gasteiger partial charge in [-0.25, -0.2) is 4.79 Å². The van der Waals surface area contributed by atoms with Crippen molar-refractivity contribution in [3.05, 3.63) is 34.6 Å². The average molecular weight is 332 g/mol. The van der Waals surface area contributed by atoms with Gasteiger partial charge in [0.2, 0.25) is 11.7 Å². The summed E-state index contributed by atoms with van der Waals surface area (Å²) in [5.74, 6) is 0.152. The van der Waals surface area contributed by atoms with Gasteiger partial charge in [0.1, 0.15) is 5.52 Å². The third kappa shape index (κ3) is 2.63. The van der Waals surface area contributed by atoms with Gasteiger partial charge < -0.3 is 20.6 Å². The normalized spacial score (nSPS) is 11.1. The molecule has 0 radical (unpaired) electrons. The minimum absolute atomic E-state index is 0.0484. The number of ketones is 1. The van der Waals surface area contributed by atoms with Gasteiger partial charge >= 0.3 is 5.69 Å². The minimum Gasteiger partial charge on any atom is -0.461 e. The van der Waals surface area contributed by atoms with E-state index in [0.29, 0.717) is 5.52 Å². The first-order valence-electron chi connectivity index (χ1n) is 7.17. The standard InChI is InChI=1S/C14H16N6O4/c1-19-10-11(16-7-8(22)9-3-2-6-24-9)17-13(15)18-12(10)20(4-5-21)14(19)23/h2-3,6,21H,4-5,7H2,1H3,(H3,15,16,17,18). The van der Waals surface area contributed by atoms with Crippen LogP contribution in [-0.4, -0.2) is 43.1 Å². The van der Waals surface area contributed by atoms with Crippen molar-refractivity contribution in [1.82, 2.24) is 19.1 Å². The van der Waals surface area contributed by atoms with Crippen LogP contribution in [0.4, 0.5) is 11.8 Å². The van der Waals surface area contributed by atoms with Crippen LogP contribution >= 0.6 is 0 Å². The van der Waals surface area contributed by atoms with Gasteiger partial charge in [0.15, 0.2) is 17.2 Å². The number of imidazole rings is 1. The number of aryl methyl sites for hydroxylation is 1. The molecule has 0 saturated heterocycles. The average Bonchev–Trinajstić information content (AvgIpc) is 3.16. The Morgan fingerprint density at radius 1 is 1.46 bits per heavy atom. The second-order valence-electron chi connectivity index (χ2n) is 5.07. The molecule has 0 atom stereocenters. The highest BCUT2D eigenvalue weighted by atomic mass is 16.3. The molecule has 0 aromatic carbocycles. The number of anilines is 2. The van der Waals surface area contributed by atoms with Crippen LogP contribution in [-0.2, 0) is 13.6 Å². The lowest BCUT2D eigenvalue weighted by Gasteiger charge is -2.07. The summed E-state index contributed by atoms with van der Waals surface area (Å²) in [4.78, 5) is 32.4. The Balaban J connectivity index is 2.00. The summed E-state index contributed by atoms with van der Waals surface area (Å²) in [6, 6.07) is 3.17. The van der Waals surface area contributed by atoms with Crippen molar-refractivity contribution in [3.63, 3.8) is 0 Å². The summed E-state index contributed by atoms with van der Waals surface area (Å²) >= 11 is 0. The first-order chi connectivity index (χ1) is 11.5. The number of nitrogens with two attached hydrogens (primary N) is 1. The van der Waals surface area contributed by atoms with Gasteiger partial charge in [0.05, 0.1) is 26.0 Å². The van der Waals surface area contributed by atoms with Crippen molar-refractivity contribution in [3.8, 4) is 0 Å². The number of carbonyl (C=O) groups excluding carboxylic acids is 1. The molecule has 0 aliphatic heterocycles. The van der Waals surface area contributed by atoms with E-state index in [9.17, 15) is 9.59 Å². The zero-order chi connectivity index (χ0) is 17.3. The van der Waals surface area contributed by atoms with Gasteiger partial charge in [-0.05, 0) is 12.1 Å². The first-order valence-corrected chi connectivity index (χ1v) is 7.17. The number of fused-ring (bicyclic) bond motifs is 1. The van der Waals surface area contributed by atoms with E-state index < -0.39 is 0 Å². The van der Waals surface area contributed by atoms with Gasteiger partial charge in [-0.2, -0.15) is 9.97 Å². The summed E-state index contributed by atoms with van der Waals surface area (Å²) in [5, 5.41) is 12.0. The minimum atomic E-state index is -0.362. The smallest absolute Gasteiger partial charge is 0.330 e.